The van der Waals surface area contributed by atoms with Gasteiger partial charge in [0.1, 0.15) is 0 Å². The van der Waals surface area contributed by atoms with Crippen molar-refractivity contribution in [1.82, 2.24) is 9.55 Å². The van der Waals surface area contributed by atoms with Crippen LogP contribution in [-0.4, -0.2) is 27.1 Å². The minimum absolute atomic E-state index is 0.629. The molecule has 0 aliphatic carbocycles. The molecule has 0 atom stereocenters. The predicted molar refractivity (Wildman–Crippen MR) is 71.1 cm³/mol. The van der Waals surface area contributed by atoms with Gasteiger partial charge in [0.2, 0.25) is 5.95 Å². The van der Waals surface area contributed by atoms with Crippen molar-refractivity contribution in [3.63, 3.8) is 0 Å². The molecule has 2 heterocycles. The molecule has 2 rings (SSSR count). The standard InChI is InChI=1S/C12H21N3S/c1-2-3-7-15-8-6-13-12(15)14-11-4-9-16-10-5-11/h6,8,11H,2-5,7,9-10H2,1H3,(H,13,14). The summed E-state index contributed by atoms with van der Waals surface area (Å²) in [5.41, 5.74) is 0. The third-order valence-corrected chi connectivity index (χ3v) is 4.07. The van der Waals surface area contributed by atoms with Gasteiger partial charge in [-0.05, 0) is 30.8 Å². The van der Waals surface area contributed by atoms with Gasteiger partial charge in [0.25, 0.3) is 0 Å². The number of imidazole rings is 1. The van der Waals surface area contributed by atoms with Crippen LogP contribution in [0.4, 0.5) is 5.95 Å². The van der Waals surface area contributed by atoms with Crippen LogP contribution in [0, 0.1) is 0 Å². The minimum Gasteiger partial charge on any atom is -0.353 e. The summed E-state index contributed by atoms with van der Waals surface area (Å²) >= 11 is 2.06. The molecule has 1 fully saturated rings. The van der Waals surface area contributed by atoms with Gasteiger partial charge in [-0.15, -0.1) is 0 Å². The molecule has 3 nitrogen and oxygen atoms in total. The lowest BCUT2D eigenvalue weighted by Gasteiger charge is -2.23. The summed E-state index contributed by atoms with van der Waals surface area (Å²) in [6.45, 7) is 3.31. The molecular weight excluding hydrogens is 218 g/mol. The summed E-state index contributed by atoms with van der Waals surface area (Å²) in [6.07, 6.45) is 8.98. The average molecular weight is 239 g/mol. The van der Waals surface area contributed by atoms with E-state index in [0.717, 1.165) is 12.5 Å². The lowest BCUT2D eigenvalue weighted by Crippen LogP contribution is -2.26. The van der Waals surface area contributed by atoms with Crippen molar-refractivity contribution < 1.29 is 0 Å². The molecule has 0 unspecified atom stereocenters. The average Bonchev–Trinajstić information content (AvgIpc) is 2.75. The second kappa shape index (κ2) is 6.18. The van der Waals surface area contributed by atoms with E-state index in [9.17, 15) is 0 Å². The van der Waals surface area contributed by atoms with E-state index in [4.69, 9.17) is 0 Å². The Morgan fingerprint density at radius 1 is 1.50 bits per heavy atom. The molecule has 1 aliphatic rings. The first-order valence-corrected chi connectivity index (χ1v) is 7.41. The number of thioether (sulfide) groups is 1. The number of anilines is 1. The Morgan fingerprint density at radius 3 is 3.06 bits per heavy atom. The molecule has 4 heteroatoms. The van der Waals surface area contributed by atoms with Crippen molar-refractivity contribution >= 4 is 17.7 Å². The van der Waals surface area contributed by atoms with E-state index in [2.05, 4.69) is 39.8 Å². The first kappa shape index (κ1) is 11.8. The van der Waals surface area contributed by atoms with Gasteiger partial charge in [-0.25, -0.2) is 4.98 Å². The van der Waals surface area contributed by atoms with Gasteiger partial charge in [-0.1, -0.05) is 13.3 Å². The van der Waals surface area contributed by atoms with Crippen LogP contribution in [0.5, 0.6) is 0 Å². The molecule has 0 bridgehead atoms. The number of aromatic nitrogens is 2. The maximum atomic E-state index is 4.41. The number of nitrogens with one attached hydrogen (secondary N) is 1. The Morgan fingerprint density at radius 2 is 2.31 bits per heavy atom. The van der Waals surface area contributed by atoms with E-state index < -0.39 is 0 Å². The molecule has 0 saturated carbocycles. The molecule has 0 spiro atoms. The normalized spacial score (nSPS) is 17.6. The molecule has 0 radical (unpaired) electrons. The fourth-order valence-electron chi connectivity index (χ4n) is 1.98. The van der Waals surface area contributed by atoms with Crippen molar-refractivity contribution in [3.8, 4) is 0 Å². The van der Waals surface area contributed by atoms with Crippen LogP contribution in [0.1, 0.15) is 32.6 Å². The monoisotopic (exact) mass is 239 g/mol. The fourth-order valence-corrected chi connectivity index (χ4v) is 3.09. The topological polar surface area (TPSA) is 29.9 Å². The lowest BCUT2D eigenvalue weighted by molar-refractivity contribution is 0.611. The number of nitrogens with zero attached hydrogens (tertiary/aromatic N) is 2. The van der Waals surface area contributed by atoms with Crippen molar-refractivity contribution in [1.29, 1.82) is 0 Å². The van der Waals surface area contributed by atoms with Crippen molar-refractivity contribution in [3.05, 3.63) is 12.4 Å². The molecular formula is C12H21N3S. The number of aryl methyl sites for hydroxylation is 1. The molecule has 1 saturated heterocycles. The molecule has 16 heavy (non-hydrogen) atoms. The van der Waals surface area contributed by atoms with Crippen molar-refractivity contribution in [2.45, 2.75) is 45.2 Å². The van der Waals surface area contributed by atoms with Crippen molar-refractivity contribution in [2.75, 3.05) is 16.8 Å². The van der Waals surface area contributed by atoms with Gasteiger partial charge in [0, 0.05) is 25.0 Å². The summed E-state index contributed by atoms with van der Waals surface area (Å²) in [5, 5.41) is 3.58. The zero-order valence-electron chi connectivity index (χ0n) is 9.98. The van der Waals surface area contributed by atoms with Gasteiger partial charge in [-0.2, -0.15) is 11.8 Å². The minimum atomic E-state index is 0.629. The Kier molecular flexibility index (Phi) is 4.57. The largest absolute Gasteiger partial charge is 0.353 e. The van der Waals surface area contributed by atoms with Crippen LogP contribution in [0.3, 0.4) is 0 Å². The van der Waals surface area contributed by atoms with Crippen LogP contribution in [-0.2, 0) is 6.54 Å². The highest BCUT2D eigenvalue weighted by atomic mass is 32.2. The van der Waals surface area contributed by atoms with E-state index in [1.165, 1.54) is 37.2 Å². The lowest BCUT2D eigenvalue weighted by atomic mass is 10.2. The summed E-state index contributed by atoms with van der Waals surface area (Å²) in [6, 6.07) is 0.629. The van der Waals surface area contributed by atoms with Crippen LogP contribution >= 0.6 is 11.8 Å². The zero-order chi connectivity index (χ0) is 11.2. The van der Waals surface area contributed by atoms with Gasteiger partial charge in [-0.3, -0.25) is 0 Å². The highest BCUT2D eigenvalue weighted by Crippen LogP contribution is 2.20. The molecule has 0 amide bonds. The molecule has 1 aliphatic heterocycles. The second-order valence-electron chi connectivity index (χ2n) is 4.33. The maximum Gasteiger partial charge on any atom is 0.202 e. The Labute approximate surface area is 102 Å². The predicted octanol–water partition coefficient (Wildman–Crippen LogP) is 2.99. The summed E-state index contributed by atoms with van der Waals surface area (Å²) in [4.78, 5) is 4.41. The van der Waals surface area contributed by atoms with Gasteiger partial charge < -0.3 is 9.88 Å². The molecule has 1 N–H and O–H groups in total. The van der Waals surface area contributed by atoms with Crippen LogP contribution in [0.25, 0.3) is 0 Å². The summed E-state index contributed by atoms with van der Waals surface area (Å²) < 4.78 is 2.24. The number of hydrogen-bond acceptors (Lipinski definition) is 3. The smallest absolute Gasteiger partial charge is 0.202 e. The third-order valence-electron chi connectivity index (χ3n) is 3.02. The van der Waals surface area contributed by atoms with Crippen LogP contribution in [0.2, 0.25) is 0 Å². The van der Waals surface area contributed by atoms with E-state index >= 15 is 0 Å². The fraction of sp³-hybridized carbons (Fsp3) is 0.750. The zero-order valence-corrected chi connectivity index (χ0v) is 10.8. The summed E-state index contributed by atoms with van der Waals surface area (Å²) in [5.74, 6) is 3.63. The maximum absolute atomic E-state index is 4.41. The molecule has 1 aromatic heterocycles. The quantitative estimate of drug-likeness (QED) is 0.856. The Bertz CT molecular complexity index is 305. The van der Waals surface area contributed by atoms with E-state index in [1.807, 2.05) is 6.20 Å². The Balaban J connectivity index is 1.89. The molecule has 0 aromatic carbocycles. The van der Waals surface area contributed by atoms with Crippen LogP contribution < -0.4 is 5.32 Å². The highest BCUT2D eigenvalue weighted by molar-refractivity contribution is 7.99. The van der Waals surface area contributed by atoms with E-state index in [0.29, 0.717) is 6.04 Å². The van der Waals surface area contributed by atoms with E-state index in [1.54, 1.807) is 0 Å². The molecule has 1 aromatic rings. The second-order valence-corrected chi connectivity index (χ2v) is 5.55. The van der Waals surface area contributed by atoms with Crippen molar-refractivity contribution in [2.24, 2.45) is 0 Å². The highest BCUT2D eigenvalue weighted by Gasteiger charge is 2.15. The SMILES string of the molecule is CCCCn1ccnc1NC1CCSCC1. The first-order valence-electron chi connectivity index (χ1n) is 6.25. The first-order chi connectivity index (χ1) is 7.90. The van der Waals surface area contributed by atoms with E-state index in [-0.39, 0.29) is 0 Å². The number of rotatable bonds is 5. The molecule has 90 valence electrons. The van der Waals surface area contributed by atoms with Gasteiger partial charge in [0.15, 0.2) is 0 Å². The van der Waals surface area contributed by atoms with Gasteiger partial charge in [0.05, 0.1) is 0 Å². The Hall–Kier alpha value is -0.640. The van der Waals surface area contributed by atoms with Gasteiger partial charge >= 0.3 is 0 Å². The third kappa shape index (κ3) is 3.17. The van der Waals surface area contributed by atoms with Crippen LogP contribution in [0.15, 0.2) is 12.4 Å². The number of hydrogen-bond donors (Lipinski definition) is 1. The number of unbranched alkanes of at least 4 members (excludes halogenated alkanes) is 1. The summed E-state index contributed by atoms with van der Waals surface area (Å²) in [7, 11) is 0.